The first kappa shape index (κ1) is 12.0. The zero-order valence-corrected chi connectivity index (χ0v) is 10.9. The average molecular weight is 278 g/mol. The van der Waals surface area contributed by atoms with Gasteiger partial charge in [0.25, 0.3) is 0 Å². The fourth-order valence-electron chi connectivity index (χ4n) is 1.18. The van der Waals surface area contributed by atoms with E-state index in [1.807, 2.05) is 32.9 Å². The lowest BCUT2D eigenvalue weighted by atomic mass is 9.85. The summed E-state index contributed by atoms with van der Waals surface area (Å²) in [6, 6.07) is 5.50. The summed E-state index contributed by atoms with van der Waals surface area (Å²) in [6.45, 7) is 6.00. The Bertz CT molecular complexity index is 331. The second-order valence-corrected chi connectivity index (χ2v) is 5.70. The molecule has 1 rings (SSSR count). The predicted octanol–water partition coefficient (Wildman–Crippen LogP) is 4.18. The van der Waals surface area contributed by atoms with Gasteiger partial charge in [0.15, 0.2) is 0 Å². The van der Waals surface area contributed by atoms with Gasteiger partial charge in [0, 0.05) is 4.47 Å². The van der Waals surface area contributed by atoms with Gasteiger partial charge < -0.3 is 5.11 Å². The van der Waals surface area contributed by atoms with Gasteiger partial charge in [-0.2, -0.15) is 0 Å². The Kier molecular flexibility index (Phi) is 3.62. The van der Waals surface area contributed by atoms with Crippen molar-refractivity contribution >= 4 is 27.5 Å². The Morgan fingerprint density at radius 2 is 1.93 bits per heavy atom. The third-order valence-corrected chi connectivity index (χ3v) is 3.29. The fraction of sp³-hybridized carbons (Fsp3) is 0.455. The molecular weight excluding hydrogens is 263 g/mol. The van der Waals surface area contributed by atoms with Crippen LogP contribution in [0.2, 0.25) is 5.02 Å². The number of hydrogen-bond donors (Lipinski definition) is 1. The highest BCUT2D eigenvalue weighted by Gasteiger charge is 2.23. The van der Waals surface area contributed by atoms with E-state index in [2.05, 4.69) is 15.9 Å². The average Bonchev–Trinajstić information content (AvgIpc) is 2.07. The molecule has 0 saturated carbocycles. The zero-order valence-electron chi connectivity index (χ0n) is 8.51. The van der Waals surface area contributed by atoms with Crippen LogP contribution in [0.5, 0.6) is 0 Å². The molecule has 0 amide bonds. The molecule has 0 aliphatic carbocycles. The lowest BCUT2D eigenvalue weighted by Crippen LogP contribution is -2.17. The predicted molar refractivity (Wildman–Crippen MR) is 63.6 cm³/mol. The highest BCUT2D eigenvalue weighted by molar-refractivity contribution is 9.10. The van der Waals surface area contributed by atoms with Crippen LogP contribution in [0.3, 0.4) is 0 Å². The number of hydrogen-bond acceptors (Lipinski definition) is 1. The standard InChI is InChI=1S/C11H14BrClO/c1-11(2,3)10(14)7-4-5-9(13)8(12)6-7/h4-6,10,14H,1-3H3. The highest BCUT2D eigenvalue weighted by atomic mass is 79.9. The molecule has 0 aromatic heterocycles. The van der Waals surface area contributed by atoms with Crippen LogP contribution in [0.25, 0.3) is 0 Å². The van der Waals surface area contributed by atoms with Crippen molar-refractivity contribution in [2.45, 2.75) is 26.9 Å². The molecule has 0 spiro atoms. The minimum absolute atomic E-state index is 0.159. The number of aliphatic hydroxyl groups is 1. The Morgan fingerprint density at radius 3 is 2.36 bits per heavy atom. The van der Waals surface area contributed by atoms with Crippen LogP contribution < -0.4 is 0 Å². The molecule has 0 aliphatic rings. The molecule has 0 aliphatic heterocycles. The van der Waals surface area contributed by atoms with Crippen molar-refractivity contribution < 1.29 is 5.11 Å². The van der Waals surface area contributed by atoms with Crippen molar-refractivity contribution in [3.63, 3.8) is 0 Å². The second-order valence-electron chi connectivity index (χ2n) is 4.44. The van der Waals surface area contributed by atoms with Crippen LogP contribution in [0, 0.1) is 5.41 Å². The lowest BCUT2D eigenvalue weighted by Gasteiger charge is -2.26. The van der Waals surface area contributed by atoms with Crippen molar-refractivity contribution in [1.82, 2.24) is 0 Å². The van der Waals surface area contributed by atoms with Crippen LogP contribution in [0.1, 0.15) is 32.4 Å². The van der Waals surface area contributed by atoms with Crippen molar-refractivity contribution in [2.75, 3.05) is 0 Å². The highest BCUT2D eigenvalue weighted by Crippen LogP contribution is 2.35. The Balaban J connectivity index is 3.03. The third-order valence-electron chi connectivity index (χ3n) is 2.08. The van der Waals surface area contributed by atoms with E-state index in [1.54, 1.807) is 6.07 Å². The molecule has 3 heteroatoms. The first-order valence-electron chi connectivity index (χ1n) is 4.45. The van der Waals surface area contributed by atoms with Crippen molar-refractivity contribution in [2.24, 2.45) is 5.41 Å². The summed E-state index contributed by atoms with van der Waals surface area (Å²) in [7, 11) is 0. The monoisotopic (exact) mass is 276 g/mol. The van der Waals surface area contributed by atoms with Crippen LogP contribution in [-0.4, -0.2) is 5.11 Å². The van der Waals surface area contributed by atoms with E-state index >= 15 is 0 Å². The van der Waals surface area contributed by atoms with Gasteiger partial charge in [0.2, 0.25) is 0 Å². The molecule has 78 valence electrons. The minimum atomic E-state index is -0.476. The van der Waals surface area contributed by atoms with Crippen LogP contribution >= 0.6 is 27.5 Å². The van der Waals surface area contributed by atoms with E-state index in [4.69, 9.17) is 11.6 Å². The Labute approximate surface area is 98.2 Å². The summed E-state index contributed by atoms with van der Waals surface area (Å²) in [4.78, 5) is 0. The van der Waals surface area contributed by atoms with Gasteiger partial charge >= 0.3 is 0 Å². The number of aliphatic hydroxyl groups excluding tert-OH is 1. The summed E-state index contributed by atoms with van der Waals surface area (Å²) in [5.41, 5.74) is 0.724. The maximum Gasteiger partial charge on any atom is 0.0838 e. The molecule has 1 atom stereocenters. The van der Waals surface area contributed by atoms with Gasteiger partial charge in [0.1, 0.15) is 0 Å². The third kappa shape index (κ3) is 2.72. The summed E-state index contributed by atoms with van der Waals surface area (Å²) in [5, 5.41) is 10.7. The molecule has 0 saturated heterocycles. The van der Waals surface area contributed by atoms with Gasteiger partial charge in [-0.25, -0.2) is 0 Å². The van der Waals surface area contributed by atoms with Crippen LogP contribution in [-0.2, 0) is 0 Å². The summed E-state index contributed by atoms with van der Waals surface area (Å²) >= 11 is 9.21. The van der Waals surface area contributed by atoms with E-state index < -0.39 is 6.10 Å². The first-order valence-corrected chi connectivity index (χ1v) is 5.62. The molecule has 0 bridgehead atoms. The molecule has 1 nitrogen and oxygen atoms in total. The lowest BCUT2D eigenvalue weighted by molar-refractivity contribution is 0.0626. The molecule has 0 heterocycles. The Morgan fingerprint density at radius 1 is 1.36 bits per heavy atom. The quantitative estimate of drug-likeness (QED) is 0.816. The minimum Gasteiger partial charge on any atom is -0.388 e. The van der Waals surface area contributed by atoms with E-state index in [0.29, 0.717) is 5.02 Å². The zero-order chi connectivity index (χ0) is 10.9. The molecular formula is C11H14BrClO. The smallest absolute Gasteiger partial charge is 0.0838 e. The molecule has 14 heavy (non-hydrogen) atoms. The van der Waals surface area contributed by atoms with E-state index in [1.165, 1.54) is 0 Å². The molecule has 1 N–H and O–H groups in total. The first-order chi connectivity index (χ1) is 6.32. The molecule has 0 fully saturated rings. The largest absolute Gasteiger partial charge is 0.388 e. The summed E-state index contributed by atoms with van der Waals surface area (Å²) in [5.74, 6) is 0. The van der Waals surface area contributed by atoms with Crippen LogP contribution in [0.4, 0.5) is 0 Å². The van der Waals surface area contributed by atoms with E-state index in [9.17, 15) is 5.11 Å². The topological polar surface area (TPSA) is 20.2 Å². The van der Waals surface area contributed by atoms with E-state index in [-0.39, 0.29) is 5.41 Å². The number of halogens is 2. The molecule has 1 aromatic rings. The van der Waals surface area contributed by atoms with Gasteiger partial charge in [-0.3, -0.25) is 0 Å². The fourth-order valence-corrected chi connectivity index (χ4v) is 1.70. The summed E-state index contributed by atoms with van der Waals surface area (Å²) in [6.07, 6.45) is -0.476. The maximum atomic E-state index is 10.0. The van der Waals surface area contributed by atoms with Crippen molar-refractivity contribution in [3.05, 3.63) is 33.3 Å². The van der Waals surface area contributed by atoms with Gasteiger partial charge in [-0.1, -0.05) is 38.4 Å². The molecule has 0 radical (unpaired) electrons. The number of benzene rings is 1. The SMILES string of the molecule is CC(C)(C)C(O)c1ccc(Cl)c(Br)c1. The van der Waals surface area contributed by atoms with Gasteiger partial charge in [-0.05, 0) is 39.0 Å². The van der Waals surface area contributed by atoms with Gasteiger partial charge in [-0.15, -0.1) is 0 Å². The second kappa shape index (κ2) is 4.21. The van der Waals surface area contributed by atoms with Crippen molar-refractivity contribution in [1.29, 1.82) is 0 Å². The van der Waals surface area contributed by atoms with Crippen LogP contribution in [0.15, 0.2) is 22.7 Å². The summed E-state index contributed by atoms with van der Waals surface area (Å²) < 4.78 is 0.819. The maximum absolute atomic E-state index is 10.0. The normalized spacial score (nSPS) is 14.1. The molecule has 1 unspecified atom stereocenters. The van der Waals surface area contributed by atoms with E-state index in [0.717, 1.165) is 10.0 Å². The van der Waals surface area contributed by atoms with Crippen molar-refractivity contribution in [3.8, 4) is 0 Å². The molecule has 1 aromatic carbocycles. The van der Waals surface area contributed by atoms with Gasteiger partial charge in [0.05, 0.1) is 11.1 Å². The Hall–Kier alpha value is -0.0500. The number of rotatable bonds is 1.